The van der Waals surface area contributed by atoms with E-state index in [1.165, 1.54) is 6.07 Å². The molecule has 0 spiro atoms. The van der Waals surface area contributed by atoms with E-state index >= 15 is 0 Å². The van der Waals surface area contributed by atoms with Crippen LogP contribution in [-0.4, -0.2) is 6.98 Å². The van der Waals surface area contributed by atoms with Crippen molar-refractivity contribution in [3.8, 4) is 5.75 Å². The van der Waals surface area contributed by atoms with Gasteiger partial charge in [0.2, 0.25) is 0 Å². The van der Waals surface area contributed by atoms with E-state index in [2.05, 4.69) is 0 Å². The highest BCUT2D eigenvalue weighted by atomic mass is 19.4. The minimum atomic E-state index is -4.96. The van der Waals surface area contributed by atoms with Gasteiger partial charge in [0.05, 0.1) is 0 Å². The van der Waals surface area contributed by atoms with Gasteiger partial charge in [-0.05, 0) is 36.6 Å². The van der Waals surface area contributed by atoms with Crippen LogP contribution in [0.5, 0.6) is 5.75 Å². The molecule has 2 aromatic carbocycles. The molecule has 1 nitrogen and oxygen atoms in total. The molecule has 0 saturated carbocycles. The number of hydrogen-bond acceptors (Lipinski definition) is 1. The largest absolute Gasteiger partial charge is 0.509 e. The van der Waals surface area contributed by atoms with Gasteiger partial charge < -0.3 is 17.7 Å². The summed E-state index contributed by atoms with van der Waals surface area (Å²) in [5, 5.41) is 0. The van der Waals surface area contributed by atoms with Crippen molar-refractivity contribution < 1.29 is 17.7 Å². The summed E-state index contributed by atoms with van der Waals surface area (Å²) in [4.78, 5) is 0. The Morgan fingerprint density at radius 1 is 0.950 bits per heavy atom. The van der Waals surface area contributed by atoms with Gasteiger partial charge in [0.25, 0.3) is 0 Å². The molecule has 0 fully saturated rings. The minimum Gasteiger partial charge on any atom is -0.489 e. The van der Waals surface area contributed by atoms with Gasteiger partial charge in [-0.25, -0.2) is 0 Å². The van der Waals surface area contributed by atoms with E-state index in [4.69, 9.17) is 4.74 Å². The molecule has 0 unspecified atom stereocenters. The van der Waals surface area contributed by atoms with Crippen LogP contribution in [0.1, 0.15) is 16.7 Å². The van der Waals surface area contributed by atoms with E-state index in [1.807, 2.05) is 31.2 Å². The quantitative estimate of drug-likeness (QED) is 0.770. The summed E-state index contributed by atoms with van der Waals surface area (Å²) in [7, 11) is 0. The predicted molar refractivity (Wildman–Crippen MR) is 75.4 cm³/mol. The topological polar surface area (TPSA) is 9.23 Å². The molecular weight excluding hydrogens is 264 g/mol. The maximum atomic E-state index is 12.6. The van der Waals surface area contributed by atoms with Crippen molar-refractivity contribution in [3.05, 3.63) is 59.2 Å². The number of aryl methyl sites for hydroxylation is 2. The molecule has 0 heterocycles. The number of halogens is 3. The molecule has 0 aliphatic rings. The zero-order valence-electron chi connectivity index (χ0n) is 11.4. The van der Waals surface area contributed by atoms with Crippen molar-refractivity contribution in [2.75, 3.05) is 0 Å². The predicted octanol–water partition coefficient (Wildman–Crippen LogP) is 3.94. The number of ether oxygens (including phenoxy) is 1. The molecule has 106 valence electrons. The molecule has 0 saturated heterocycles. The highest BCUT2D eigenvalue weighted by Crippen LogP contribution is 2.20. The van der Waals surface area contributed by atoms with Gasteiger partial charge in [-0.2, -0.15) is 0 Å². The average Bonchev–Trinajstić information content (AvgIpc) is 2.38. The van der Waals surface area contributed by atoms with E-state index in [-0.39, 0.29) is 0 Å². The summed E-state index contributed by atoms with van der Waals surface area (Å²) >= 11 is 0. The molecule has 0 aliphatic carbocycles. The molecular formula is C15H15BF3O-. The van der Waals surface area contributed by atoms with E-state index in [9.17, 15) is 12.9 Å². The monoisotopic (exact) mass is 279 g/mol. The second-order valence-electron chi connectivity index (χ2n) is 4.81. The summed E-state index contributed by atoms with van der Waals surface area (Å²) in [6, 6.07) is 11.3. The average molecular weight is 279 g/mol. The van der Waals surface area contributed by atoms with Gasteiger partial charge in [-0.3, -0.25) is 0 Å². The summed E-state index contributed by atoms with van der Waals surface area (Å²) in [6.07, 6.45) is 0. The van der Waals surface area contributed by atoms with Crippen LogP contribution in [0.2, 0.25) is 0 Å². The van der Waals surface area contributed by atoms with Gasteiger partial charge in [0.15, 0.2) is 0 Å². The smallest absolute Gasteiger partial charge is 0.489 e. The van der Waals surface area contributed by atoms with Crippen LogP contribution in [0, 0.1) is 13.8 Å². The summed E-state index contributed by atoms with van der Waals surface area (Å²) in [6.45, 7) is -1.01. The third-order valence-corrected chi connectivity index (χ3v) is 3.22. The van der Waals surface area contributed by atoms with Crippen molar-refractivity contribution in [1.82, 2.24) is 0 Å². The molecule has 0 radical (unpaired) electrons. The maximum Gasteiger partial charge on any atom is 0.509 e. The van der Waals surface area contributed by atoms with E-state index in [0.29, 0.717) is 17.9 Å². The summed E-state index contributed by atoms with van der Waals surface area (Å²) in [5.41, 5.74) is 2.03. The van der Waals surface area contributed by atoms with Crippen molar-refractivity contribution in [2.45, 2.75) is 20.5 Å². The fourth-order valence-corrected chi connectivity index (χ4v) is 1.97. The highest BCUT2D eigenvalue weighted by Gasteiger charge is 2.25. The first-order chi connectivity index (χ1) is 9.38. The first-order valence-electron chi connectivity index (χ1n) is 6.36. The van der Waals surface area contributed by atoms with Gasteiger partial charge >= 0.3 is 6.98 Å². The first kappa shape index (κ1) is 14.5. The van der Waals surface area contributed by atoms with Gasteiger partial charge in [0.1, 0.15) is 12.4 Å². The maximum absolute atomic E-state index is 12.6. The SMILES string of the molecule is Cc1ccccc1COc1ccc([B-](F)(F)F)cc1C. The molecule has 0 N–H and O–H groups in total. The Hall–Kier alpha value is -1.91. The van der Waals surface area contributed by atoms with Crippen molar-refractivity contribution in [1.29, 1.82) is 0 Å². The molecule has 0 atom stereocenters. The molecule has 0 amide bonds. The van der Waals surface area contributed by atoms with Crippen LogP contribution in [-0.2, 0) is 6.61 Å². The molecule has 5 heteroatoms. The third-order valence-electron chi connectivity index (χ3n) is 3.22. The number of hydrogen-bond donors (Lipinski definition) is 0. The zero-order chi connectivity index (χ0) is 14.8. The summed E-state index contributed by atoms with van der Waals surface area (Å²) < 4.78 is 43.5. The Labute approximate surface area is 116 Å². The number of rotatable bonds is 4. The van der Waals surface area contributed by atoms with Gasteiger partial charge in [-0.1, -0.05) is 36.4 Å². The first-order valence-corrected chi connectivity index (χ1v) is 6.36. The molecule has 2 rings (SSSR count). The van der Waals surface area contributed by atoms with Crippen LogP contribution < -0.4 is 10.2 Å². The zero-order valence-corrected chi connectivity index (χ0v) is 11.4. The van der Waals surface area contributed by atoms with Crippen molar-refractivity contribution in [3.63, 3.8) is 0 Å². The third kappa shape index (κ3) is 3.35. The Morgan fingerprint density at radius 2 is 1.65 bits per heavy atom. The van der Waals surface area contributed by atoms with Crippen molar-refractivity contribution in [2.24, 2.45) is 0 Å². The molecule has 2 aromatic rings. The second kappa shape index (κ2) is 5.61. The lowest BCUT2D eigenvalue weighted by Gasteiger charge is -2.17. The van der Waals surface area contributed by atoms with E-state index in [1.54, 1.807) is 6.92 Å². The lowest BCUT2D eigenvalue weighted by molar-refractivity contribution is 0.303. The molecule has 20 heavy (non-hydrogen) atoms. The van der Waals surface area contributed by atoms with Crippen LogP contribution >= 0.6 is 0 Å². The Morgan fingerprint density at radius 3 is 2.25 bits per heavy atom. The minimum absolute atomic E-state index is 0.351. The van der Waals surface area contributed by atoms with Crippen LogP contribution in [0.3, 0.4) is 0 Å². The lowest BCUT2D eigenvalue weighted by Crippen LogP contribution is -2.34. The molecule has 0 bridgehead atoms. The molecule has 0 aliphatic heterocycles. The standard InChI is InChI=1S/C15H15BF3O/c1-11-5-3-4-6-13(11)10-20-15-8-7-14(9-12(15)2)16(17,18)19/h3-9H,10H2,1-2H3/q-1. The second-order valence-corrected chi connectivity index (χ2v) is 4.81. The van der Waals surface area contributed by atoms with Gasteiger partial charge in [-0.15, -0.1) is 5.46 Å². The number of benzene rings is 2. The van der Waals surface area contributed by atoms with Crippen LogP contribution in [0.25, 0.3) is 0 Å². The molecule has 0 aromatic heterocycles. The lowest BCUT2D eigenvalue weighted by atomic mass is 9.79. The fourth-order valence-electron chi connectivity index (χ4n) is 1.97. The Kier molecular flexibility index (Phi) is 4.07. The van der Waals surface area contributed by atoms with E-state index < -0.39 is 12.4 Å². The van der Waals surface area contributed by atoms with Gasteiger partial charge in [0, 0.05) is 0 Å². The van der Waals surface area contributed by atoms with Crippen molar-refractivity contribution >= 4 is 12.4 Å². The fraction of sp³-hybridized carbons (Fsp3) is 0.200. The van der Waals surface area contributed by atoms with Crippen LogP contribution in [0.15, 0.2) is 42.5 Å². The normalized spacial score (nSPS) is 11.4. The Balaban J connectivity index is 2.13. The van der Waals surface area contributed by atoms with Crippen LogP contribution in [0.4, 0.5) is 12.9 Å². The van der Waals surface area contributed by atoms with E-state index in [0.717, 1.165) is 23.3 Å². The summed E-state index contributed by atoms with van der Waals surface area (Å²) in [5.74, 6) is 0.483. The Bertz CT molecular complexity index is 608. The highest BCUT2D eigenvalue weighted by molar-refractivity contribution is 6.73.